The summed E-state index contributed by atoms with van der Waals surface area (Å²) in [7, 11) is 0. The monoisotopic (exact) mass is 276 g/mol. The Bertz CT molecular complexity index is 598. The van der Waals surface area contributed by atoms with Crippen molar-refractivity contribution in [3.63, 3.8) is 0 Å². The van der Waals surface area contributed by atoms with Crippen LogP contribution in [0.4, 0.5) is 0 Å². The number of nitrogens with zero attached hydrogens (tertiary/aromatic N) is 1. The Balaban J connectivity index is 1.73. The van der Waals surface area contributed by atoms with Crippen molar-refractivity contribution in [2.24, 2.45) is 0 Å². The Hall–Kier alpha value is -2.08. The van der Waals surface area contributed by atoms with Crippen molar-refractivity contribution >= 4 is 17.2 Å². The quantitative estimate of drug-likeness (QED) is 0.935. The number of carbonyl (C=O) groups is 1. The molecule has 1 aromatic carbocycles. The number of fused-ring (bicyclic) bond motifs is 1. The van der Waals surface area contributed by atoms with Gasteiger partial charge in [-0.1, -0.05) is 6.07 Å². The molecule has 0 fully saturated rings. The van der Waals surface area contributed by atoms with Crippen molar-refractivity contribution < 1.29 is 14.3 Å². The second kappa shape index (κ2) is 4.89. The number of thiazole rings is 1. The Morgan fingerprint density at radius 1 is 1.42 bits per heavy atom. The first-order chi connectivity index (χ1) is 9.24. The van der Waals surface area contributed by atoms with E-state index in [0.717, 1.165) is 11.3 Å². The number of aromatic nitrogens is 1. The molecule has 1 amide bonds. The van der Waals surface area contributed by atoms with E-state index in [0.29, 0.717) is 11.4 Å². The lowest BCUT2D eigenvalue weighted by atomic mass is 10.1. The fraction of sp³-hybridized carbons (Fsp3) is 0.231. The van der Waals surface area contributed by atoms with Crippen LogP contribution in [0, 0.1) is 0 Å². The van der Waals surface area contributed by atoms with Gasteiger partial charge in [0.25, 0.3) is 5.91 Å². The minimum Gasteiger partial charge on any atom is -0.454 e. The van der Waals surface area contributed by atoms with Crippen molar-refractivity contribution in [2.75, 3.05) is 6.79 Å². The first-order valence-corrected chi connectivity index (χ1v) is 6.77. The van der Waals surface area contributed by atoms with E-state index in [1.165, 1.54) is 11.3 Å². The number of nitrogens with one attached hydrogen (secondary N) is 1. The molecule has 5 nitrogen and oxygen atoms in total. The molecule has 1 aromatic heterocycles. The van der Waals surface area contributed by atoms with Gasteiger partial charge >= 0.3 is 0 Å². The maximum Gasteiger partial charge on any atom is 0.271 e. The number of amides is 1. The zero-order chi connectivity index (χ0) is 13.2. The van der Waals surface area contributed by atoms with Crippen LogP contribution in [0.3, 0.4) is 0 Å². The predicted molar refractivity (Wildman–Crippen MR) is 70.6 cm³/mol. The van der Waals surface area contributed by atoms with Crippen molar-refractivity contribution in [3.8, 4) is 11.5 Å². The van der Waals surface area contributed by atoms with Crippen LogP contribution in [-0.2, 0) is 0 Å². The van der Waals surface area contributed by atoms with Gasteiger partial charge in [0.15, 0.2) is 11.5 Å². The van der Waals surface area contributed by atoms with E-state index < -0.39 is 0 Å². The summed E-state index contributed by atoms with van der Waals surface area (Å²) < 4.78 is 10.6. The maximum atomic E-state index is 11.9. The molecule has 0 radical (unpaired) electrons. The largest absolute Gasteiger partial charge is 0.454 e. The summed E-state index contributed by atoms with van der Waals surface area (Å²) in [4.78, 5) is 15.9. The van der Waals surface area contributed by atoms with Gasteiger partial charge in [-0.05, 0) is 24.6 Å². The van der Waals surface area contributed by atoms with Crippen LogP contribution >= 0.6 is 11.3 Å². The molecule has 0 spiro atoms. The molecule has 19 heavy (non-hydrogen) atoms. The van der Waals surface area contributed by atoms with Gasteiger partial charge in [0.2, 0.25) is 6.79 Å². The second-order valence-corrected chi connectivity index (χ2v) is 4.90. The van der Waals surface area contributed by atoms with Crippen LogP contribution in [0.2, 0.25) is 0 Å². The Morgan fingerprint density at radius 3 is 3.05 bits per heavy atom. The minimum absolute atomic E-state index is 0.122. The highest BCUT2D eigenvalue weighted by molar-refractivity contribution is 7.07. The summed E-state index contributed by atoms with van der Waals surface area (Å²) in [6, 6.07) is 5.53. The molecule has 1 aliphatic heterocycles. The molecule has 0 saturated heterocycles. The fourth-order valence-electron chi connectivity index (χ4n) is 1.86. The van der Waals surface area contributed by atoms with Gasteiger partial charge in [-0.25, -0.2) is 4.98 Å². The predicted octanol–water partition coefficient (Wildman–Crippen LogP) is 2.36. The third kappa shape index (κ3) is 2.39. The molecule has 2 heterocycles. The highest BCUT2D eigenvalue weighted by atomic mass is 32.1. The number of hydrogen-bond acceptors (Lipinski definition) is 5. The van der Waals surface area contributed by atoms with E-state index in [1.54, 1.807) is 10.9 Å². The smallest absolute Gasteiger partial charge is 0.271 e. The zero-order valence-corrected chi connectivity index (χ0v) is 11.1. The summed E-state index contributed by atoms with van der Waals surface area (Å²) >= 11 is 1.40. The normalized spacial score (nSPS) is 14.2. The van der Waals surface area contributed by atoms with Gasteiger partial charge in [-0.2, -0.15) is 0 Å². The third-order valence-electron chi connectivity index (χ3n) is 2.91. The molecule has 6 heteroatoms. The second-order valence-electron chi connectivity index (χ2n) is 4.18. The van der Waals surface area contributed by atoms with E-state index in [1.807, 2.05) is 25.1 Å². The van der Waals surface area contributed by atoms with Gasteiger partial charge in [0, 0.05) is 5.38 Å². The molecule has 98 valence electrons. The molecule has 1 aliphatic rings. The summed E-state index contributed by atoms with van der Waals surface area (Å²) in [5, 5.41) is 4.62. The van der Waals surface area contributed by atoms with E-state index >= 15 is 0 Å². The first-order valence-electron chi connectivity index (χ1n) is 5.82. The van der Waals surface area contributed by atoms with Gasteiger partial charge in [0.1, 0.15) is 5.69 Å². The van der Waals surface area contributed by atoms with E-state index in [4.69, 9.17) is 9.47 Å². The highest BCUT2D eigenvalue weighted by Gasteiger charge is 2.17. The molecule has 1 unspecified atom stereocenters. The van der Waals surface area contributed by atoms with Crippen molar-refractivity contribution in [2.45, 2.75) is 13.0 Å². The Morgan fingerprint density at radius 2 is 2.26 bits per heavy atom. The number of rotatable bonds is 3. The number of benzene rings is 1. The molecule has 2 aromatic rings. The maximum absolute atomic E-state index is 11.9. The topological polar surface area (TPSA) is 60.5 Å². The van der Waals surface area contributed by atoms with Crippen LogP contribution in [0.1, 0.15) is 29.0 Å². The van der Waals surface area contributed by atoms with Gasteiger partial charge in [-0.3, -0.25) is 4.79 Å². The molecule has 3 rings (SSSR count). The lowest BCUT2D eigenvalue weighted by Crippen LogP contribution is -2.26. The third-order valence-corrected chi connectivity index (χ3v) is 3.50. The van der Waals surface area contributed by atoms with E-state index in [9.17, 15) is 4.79 Å². The molecule has 0 bridgehead atoms. The summed E-state index contributed by atoms with van der Waals surface area (Å²) in [5.41, 5.74) is 3.05. The summed E-state index contributed by atoms with van der Waals surface area (Å²) in [6.07, 6.45) is 0. The molecule has 0 aliphatic carbocycles. The van der Waals surface area contributed by atoms with Crippen LogP contribution in [0.15, 0.2) is 29.1 Å². The molecule has 1 atom stereocenters. The molecular formula is C13H12N2O3S. The molecule has 0 saturated carbocycles. The fourth-order valence-corrected chi connectivity index (χ4v) is 2.39. The number of ether oxygens (including phenoxy) is 2. The summed E-state index contributed by atoms with van der Waals surface area (Å²) in [5.74, 6) is 1.28. The van der Waals surface area contributed by atoms with Crippen LogP contribution in [0.25, 0.3) is 0 Å². The highest BCUT2D eigenvalue weighted by Crippen LogP contribution is 2.34. The van der Waals surface area contributed by atoms with Crippen LogP contribution < -0.4 is 14.8 Å². The van der Waals surface area contributed by atoms with Crippen molar-refractivity contribution in [1.29, 1.82) is 0 Å². The number of carbonyl (C=O) groups excluding carboxylic acids is 1. The van der Waals surface area contributed by atoms with E-state index in [2.05, 4.69) is 10.3 Å². The SMILES string of the molecule is CC(NC(=O)c1cscn1)c1ccc2c(c1)OCO2. The Kier molecular flexibility index (Phi) is 3.08. The van der Waals surface area contributed by atoms with Crippen molar-refractivity contribution in [3.05, 3.63) is 40.3 Å². The minimum atomic E-state index is -0.175. The van der Waals surface area contributed by atoms with Gasteiger partial charge in [0.05, 0.1) is 11.6 Å². The standard InChI is InChI=1S/C13H12N2O3S/c1-8(15-13(16)10-5-19-6-14-10)9-2-3-11-12(4-9)18-7-17-11/h2-6,8H,7H2,1H3,(H,15,16). The molecular weight excluding hydrogens is 264 g/mol. The number of hydrogen-bond donors (Lipinski definition) is 1. The average molecular weight is 276 g/mol. The van der Waals surface area contributed by atoms with Crippen LogP contribution in [-0.4, -0.2) is 17.7 Å². The first kappa shape index (κ1) is 12.0. The van der Waals surface area contributed by atoms with Gasteiger partial charge < -0.3 is 14.8 Å². The van der Waals surface area contributed by atoms with E-state index in [-0.39, 0.29) is 18.7 Å². The molecule has 1 N–H and O–H groups in total. The van der Waals surface area contributed by atoms with Crippen molar-refractivity contribution in [1.82, 2.24) is 10.3 Å². The average Bonchev–Trinajstić information content (AvgIpc) is 3.09. The summed E-state index contributed by atoms with van der Waals surface area (Å²) in [6.45, 7) is 2.17. The van der Waals surface area contributed by atoms with Gasteiger partial charge in [-0.15, -0.1) is 11.3 Å². The van der Waals surface area contributed by atoms with Crippen LogP contribution in [0.5, 0.6) is 11.5 Å². The lowest BCUT2D eigenvalue weighted by molar-refractivity contribution is 0.0935. The zero-order valence-electron chi connectivity index (χ0n) is 10.3. The Labute approximate surface area is 114 Å². The lowest BCUT2D eigenvalue weighted by Gasteiger charge is -2.13.